The van der Waals surface area contributed by atoms with E-state index in [-0.39, 0.29) is 24.9 Å². The first kappa shape index (κ1) is 27.5. The van der Waals surface area contributed by atoms with Crippen molar-refractivity contribution in [1.29, 1.82) is 0 Å². The van der Waals surface area contributed by atoms with Crippen molar-refractivity contribution in [2.75, 3.05) is 38.8 Å². The number of aromatic nitrogens is 3. The number of halogens is 1. The molecular weight excluding hydrogens is 556 g/mol. The van der Waals surface area contributed by atoms with Crippen LogP contribution >= 0.6 is 15.9 Å². The molecule has 1 aromatic carbocycles. The van der Waals surface area contributed by atoms with Crippen molar-refractivity contribution in [2.24, 2.45) is 0 Å². The summed E-state index contributed by atoms with van der Waals surface area (Å²) in [5.41, 5.74) is 0.965. The predicted octanol–water partition coefficient (Wildman–Crippen LogP) is 3.79. The number of hydrogen-bond donors (Lipinski definition) is 2. The van der Waals surface area contributed by atoms with Crippen molar-refractivity contribution in [1.82, 2.24) is 25.0 Å². The minimum absolute atomic E-state index is 0.00160. The highest BCUT2D eigenvalue weighted by atomic mass is 79.9. The molecule has 1 aliphatic rings. The predicted molar refractivity (Wildman–Crippen MR) is 147 cm³/mol. The maximum Gasteiger partial charge on any atom is 0.407 e. The Hall–Kier alpha value is -3.54. The van der Waals surface area contributed by atoms with Gasteiger partial charge < -0.3 is 29.7 Å². The third-order valence-electron chi connectivity index (χ3n) is 5.96. The van der Waals surface area contributed by atoms with Gasteiger partial charge in [-0.25, -0.2) is 9.78 Å². The third kappa shape index (κ3) is 6.66. The first-order chi connectivity index (χ1) is 18.1. The van der Waals surface area contributed by atoms with Gasteiger partial charge in [-0.1, -0.05) is 0 Å². The Bertz CT molecular complexity index is 1320. The molecule has 0 radical (unpaired) electrons. The molecular formula is C26H33BrN6O5. The van der Waals surface area contributed by atoms with Crippen LogP contribution in [-0.2, 0) is 9.53 Å². The molecule has 11 nitrogen and oxygen atoms in total. The highest BCUT2D eigenvalue weighted by Crippen LogP contribution is 2.38. The van der Waals surface area contributed by atoms with Gasteiger partial charge in [0.1, 0.15) is 22.9 Å². The molecule has 204 valence electrons. The molecule has 3 aromatic rings. The normalized spacial score (nSPS) is 15.4. The SMILES string of the molecule is COc1cc(OC)c(-c2cn3ccc(N4CCC(NC(=O)CCNC(=O)OC(C)(C)C)C4)nc3n2)cc1Br. The molecule has 2 amide bonds. The Balaban J connectivity index is 1.36. The van der Waals surface area contributed by atoms with Crippen LogP contribution in [-0.4, -0.2) is 71.9 Å². The zero-order chi connectivity index (χ0) is 27.4. The van der Waals surface area contributed by atoms with Gasteiger partial charge in [-0.2, -0.15) is 4.98 Å². The molecule has 1 fully saturated rings. The number of rotatable bonds is 8. The number of benzene rings is 1. The summed E-state index contributed by atoms with van der Waals surface area (Å²) in [6, 6.07) is 5.67. The van der Waals surface area contributed by atoms with Crippen molar-refractivity contribution >= 4 is 39.5 Å². The van der Waals surface area contributed by atoms with Crippen molar-refractivity contribution < 1.29 is 23.8 Å². The van der Waals surface area contributed by atoms with Crippen LogP contribution in [0.3, 0.4) is 0 Å². The van der Waals surface area contributed by atoms with Crippen LogP contribution in [0.15, 0.2) is 35.1 Å². The fraction of sp³-hybridized carbons (Fsp3) is 0.462. The fourth-order valence-electron chi connectivity index (χ4n) is 4.21. The van der Waals surface area contributed by atoms with Crippen molar-refractivity contribution in [3.05, 3.63) is 35.1 Å². The van der Waals surface area contributed by atoms with E-state index in [1.54, 1.807) is 35.0 Å². The van der Waals surface area contributed by atoms with Crippen LogP contribution in [0.4, 0.5) is 10.6 Å². The molecule has 0 saturated carbocycles. The minimum Gasteiger partial charge on any atom is -0.496 e. The van der Waals surface area contributed by atoms with Crippen LogP contribution in [0.2, 0.25) is 0 Å². The lowest BCUT2D eigenvalue weighted by Crippen LogP contribution is -2.39. The van der Waals surface area contributed by atoms with Crippen LogP contribution in [0.5, 0.6) is 11.5 Å². The molecule has 38 heavy (non-hydrogen) atoms. The Morgan fingerprint density at radius 3 is 2.63 bits per heavy atom. The molecule has 1 unspecified atom stereocenters. The van der Waals surface area contributed by atoms with Gasteiger partial charge >= 0.3 is 6.09 Å². The van der Waals surface area contributed by atoms with E-state index in [4.69, 9.17) is 24.2 Å². The molecule has 1 saturated heterocycles. The van der Waals surface area contributed by atoms with Gasteiger partial charge in [0.2, 0.25) is 11.7 Å². The number of nitrogens with zero attached hydrogens (tertiary/aromatic N) is 4. The summed E-state index contributed by atoms with van der Waals surface area (Å²) in [5.74, 6) is 2.56. The lowest BCUT2D eigenvalue weighted by Gasteiger charge is -2.20. The molecule has 1 atom stereocenters. The second kappa shape index (κ2) is 11.5. The highest BCUT2D eigenvalue weighted by Gasteiger charge is 2.25. The largest absolute Gasteiger partial charge is 0.496 e. The fourth-order valence-corrected chi connectivity index (χ4v) is 4.71. The van der Waals surface area contributed by atoms with Crippen LogP contribution in [0, 0.1) is 0 Å². The van der Waals surface area contributed by atoms with E-state index in [2.05, 4.69) is 31.5 Å². The smallest absolute Gasteiger partial charge is 0.407 e. The van der Waals surface area contributed by atoms with E-state index in [0.717, 1.165) is 34.5 Å². The lowest BCUT2D eigenvalue weighted by atomic mass is 10.1. The van der Waals surface area contributed by atoms with Crippen molar-refractivity contribution in [2.45, 2.75) is 45.3 Å². The summed E-state index contributed by atoms with van der Waals surface area (Å²) in [4.78, 5) is 35.7. The van der Waals surface area contributed by atoms with Crippen molar-refractivity contribution in [3.8, 4) is 22.8 Å². The highest BCUT2D eigenvalue weighted by molar-refractivity contribution is 9.10. The topological polar surface area (TPSA) is 119 Å². The van der Waals surface area contributed by atoms with Crippen molar-refractivity contribution in [3.63, 3.8) is 0 Å². The first-order valence-corrected chi connectivity index (χ1v) is 13.1. The summed E-state index contributed by atoms with van der Waals surface area (Å²) < 4.78 is 18.8. The molecule has 2 aromatic heterocycles. The van der Waals surface area contributed by atoms with E-state index >= 15 is 0 Å². The standard InChI is InChI=1S/C26H33BrN6O5/c1-26(2,3)38-25(35)28-9-6-23(34)29-16-7-10-32(14-16)22-8-11-33-15-19(30-24(33)31-22)17-12-18(27)21(37-5)13-20(17)36-4/h8,11-13,15-16H,6-7,9-10,14H2,1-5H3,(H,28,35)(H,29,34). The third-order valence-corrected chi connectivity index (χ3v) is 6.58. The summed E-state index contributed by atoms with van der Waals surface area (Å²) >= 11 is 3.53. The van der Waals surface area contributed by atoms with E-state index in [1.165, 1.54) is 0 Å². The lowest BCUT2D eigenvalue weighted by molar-refractivity contribution is -0.121. The van der Waals surface area contributed by atoms with Gasteiger partial charge in [0.05, 0.1) is 24.4 Å². The first-order valence-electron chi connectivity index (χ1n) is 12.3. The number of alkyl carbamates (subject to hydrolysis) is 1. The Kier molecular flexibility index (Phi) is 8.29. The molecule has 2 N–H and O–H groups in total. The van der Waals surface area contributed by atoms with Crippen LogP contribution in [0.25, 0.3) is 17.0 Å². The number of hydrogen-bond acceptors (Lipinski definition) is 8. The number of fused-ring (bicyclic) bond motifs is 1. The molecule has 0 spiro atoms. The quantitative estimate of drug-likeness (QED) is 0.408. The maximum absolute atomic E-state index is 12.4. The zero-order valence-corrected chi connectivity index (χ0v) is 23.8. The molecule has 3 heterocycles. The average molecular weight is 589 g/mol. The number of methoxy groups -OCH3 is 2. The van der Waals surface area contributed by atoms with Gasteiger partial charge in [-0.05, 0) is 55.3 Å². The van der Waals surface area contributed by atoms with Gasteiger partial charge in [-0.3, -0.25) is 9.20 Å². The second-order valence-corrected chi connectivity index (χ2v) is 10.8. The number of carbonyl (C=O) groups excluding carboxylic acids is 2. The number of ether oxygens (including phenoxy) is 3. The van der Waals surface area contributed by atoms with Gasteiger partial charge in [0, 0.05) is 56.1 Å². The van der Waals surface area contributed by atoms with Crippen LogP contribution in [0.1, 0.15) is 33.6 Å². The molecule has 12 heteroatoms. The Morgan fingerprint density at radius 1 is 1.16 bits per heavy atom. The molecule has 0 aliphatic carbocycles. The number of anilines is 1. The van der Waals surface area contributed by atoms with E-state index < -0.39 is 11.7 Å². The zero-order valence-electron chi connectivity index (χ0n) is 22.2. The Morgan fingerprint density at radius 2 is 1.92 bits per heavy atom. The van der Waals surface area contributed by atoms with Gasteiger partial charge in [-0.15, -0.1) is 0 Å². The number of nitrogens with one attached hydrogen (secondary N) is 2. The average Bonchev–Trinajstić information content (AvgIpc) is 3.49. The summed E-state index contributed by atoms with van der Waals surface area (Å²) in [6.07, 6.45) is 4.28. The molecule has 0 bridgehead atoms. The Labute approximate surface area is 230 Å². The second-order valence-electron chi connectivity index (χ2n) is 9.98. The maximum atomic E-state index is 12.4. The van der Waals surface area contributed by atoms with E-state index in [0.29, 0.717) is 23.8 Å². The monoisotopic (exact) mass is 588 g/mol. The van der Waals surface area contributed by atoms with Gasteiger partial charge in [0.25, 0.3) is 0 Å². The molecule has 1 aliphatic heterocycles. The summed E-state index contributed by atoms with van der Waals surface area (Å²) in [6.45, 7) is 6.99. The number of amides is 2. The summed E-state index contributed by atoms with van der Waals surface area (Å²) in [7, 11) is 3.21. The van der Waals surface area contributed by atoms with E-state index in [9.17, 15) is 9.59 Å². The minimum atomic E-state index is -0.575. The number of carbonyl (C=O) groups is 2. The van der Waals surface area contributed by atoms with E-state index in [1.807, 2.05) is 35.0 Å². The summed E-state index contributed by atoms with van der Waals surface area (Å²) in [5, 5.41) is 5.65. The molecule has 4 rings (SSSR count). The van der Waals surface area contributed by atoms with Gasteiger partial charge in [0.15, 0.2) is 0 Å². The number of imidazole rings is 1. The van der Waals surface area contributed by atoms with Crippen LogP contribution < -0.4 is 25.0 Å².